The maximum atomic E-state index is 13.8. The molecule has 1 aliphatic rings. The van der Waals surface area contributed by atoms with Crippen LogP contribution in [0.5, 0.6) is 0 Å². The molecule has 1 amide bonds. The Balaban J connectivity index is 1.63. The maximum absolute atomic E-state index is 13.8. The number of halogens is 1. The van der Waals surface area contributed by atoms with E-state index in [4.69, 9.17) is 5.11 Å². The summed E-state index contributed by atoms with van der Waals surface area (Å²) in [6, 6.07) is 7.69. The number of carboxylic acid groups (broad SMARTS) is 1. The Labute approximate surface area is 138 Å². The van der Waals surface area contributed by atoms with Gasteiger partial charge in [-0.1, -0.05) is 12.1 Å². The molecule has 1 heterocycles. The SMILES string of the molecule is O=C(NC1CCC(C(=O)O)CC1)c1cc(-c2ccccc2F)n[nH]1. The monoisotopic (exact) mass is 331 g/mol. The summed E-state index contributed by atoms with van der Waals surface area (Å²) in [7, 11) is 0. The smallest absolute Gasteiger partial charge is 0.306 e. The molecule has 2 aromatic rings. The summed E-state index contributed by atoms with van der Waals surface area (Å²) < 4.78 is 13.8. The van der Waals surface area contributed by atoms with E-state index in [9.17, 15) is 14.0 Å². The number of hydrogen-bond acceptors (Lipinski definition) is 3. The number of carbonyl (C=O) groups excluding carboxylic acids is 1. The van der Waals surface area contributed by atoms with E-state index in [2.05, 4.69) is 15.5 Å². The predicted octanol–water partition coefficient (Wildman–Crippen LogP) is 2.59. The molecular weight excluding hydrogens is 313 g/mol. The molecule has 1 saturated carbocycles. The molecule has 0 aliphatic heterocycles. The molecule has 1 aromatic heterocycles. The van der Waals surface area contributed by atoms with Crippen molar-refractivity contribution in [2.45, 2.75) is 31.7 Å². The van der Waals surface area contributed by atoms with Crippen molar-refractivity contribution in [1.82, 2.24) is 15.5 Å². The minimum atomic E-state index is -0.775. The van der Waals surface area contributed by atoms with Crippen molar-refractivity contribution in [2.24, 2.45) is 5.92 Å². The third-order valence-electron chi connectivity index (χ3n) is 4.38. The molecule has 7 heteroatoms. The number of amides is 1. The first kappa shape index (κ1) is 16.2. The summed E-state index contributed by atoms with van der Waals surface area (Å²) in [5.74, 6) is -1.81. The highest BCUT2D eigenvalue weighted by molar-refractivity contribution is 5.93. The number of carbonyl (C=O) groups is 2. The normalized spacial score (nSPS) is 20.5. The average Bonchev–Trinajstić information content (AvgIpc) is 3.05. The topological polar surface area (TPSA) is 95.1 Å². The highest BCUT2D eigenvalue weighted by atomic mass is 19.1. The third-order valence-corrected chi connectivity index (χ3v) is 4.38. The molecule has 24 heavy (non-hydrogen) atoms. The Bertz CT molecular complexity index is 751. The fourth-order valence-electron chi connectivity index (χ4n) is 2.99. The van der Waals surface area contributed by atoms with E-state index < -0.39 is 11.8 Å². The lowest BCUT2D eigenvalue weighted by molar-refractivity contribution is -0.142. The average molecular weight is 331 g/mol. The first-order chi connectivity index (χ1) is 11.5. The first-order valence-corrected chi connectivity index (χ1v) is 7.88. The molecule has 6 nitrogen and oxygen atoms in total. The van der Waals surface area contributed by atoms with Crippen molar-refractivity contribution >= 4 is 11.9 Å². The number of carboxylic acids is 1. The van der Waals surface area contributed by atoms with E-state index in [1.165, 1.54) is 12.1 Å². The van der Waals surface area contributed by atoms with Crippen molar-refractivity contribution in [3.63, 3.8) is 0 Å². The van der Waals surface area contributed by atoms with Crippen LogP contribution in [0.25, 0.3) is 11.3 Å². The lowest BCUT2D eigenvalue weighted by Gasteiger charge is -2.26. The number of aliphatic carboxylic acids is 1. The Morgan fingerprint density at radius 3 is 2.58 bits per heavy atom. The predicted molar refractivity (Wildman–Crippen MR) is 84.8 cm³/mol. The summed E-state index contributed by atoms with van der Waals surface area (Å²) in [6.07, 6.45) is 2.39. The molecule has 3 N–H and O–H groups in total. The van der Waals surface area contributed by atoms with Crippen LogP contribution in [0.15, 0.2) is 30.3 Å². The van der Waals surface area contributed by atoms with Crippen molar-refractivity contribution in [3.8, 4) is 11.3 Å². The molecule has 1 aliphatic carbocycles. The number of H-pyrrole nitrogens is 1. The summed E-state index contributed by atoms with van der Waals surface area (Å²) >= 11 is 0. The zero-order valence-corrected chi connectivity index (χ0v) is 13.0. The molecule has 0 bridgehead atoms. The molecule has 0 spiro atoms. The second kappa shape index (κ2) is 6.82. The quantitative estimate of drug-likeness (QED) is 0.802. The van der Waals surface area contributed by atoms with Gasteiger partial charge in [-0.15, -0.1) is 0 Å². The van der Waals surface area contributed by atoms with Gasteiger partial charge in [0.15, 0.2) is 0 Å². The molecule has 126 valence electrons. The van der Waals surface area contributed by atoms with Crippen LogP contribution >= 0.6 is 0 Å². The van der Waals surface area contributed by atoms with E-state index in [0.29, 0.717) is 36.9 Å². The number of nitrogens with zero attached hydrogens (tertiary/aromatic N) is 1. The molecule has 0 unspecified atom stereocenters. The largest absolute Gasteiger partial charge is 0.481 e. The Kier molecular flexibility index (Phi) is 4.59. The van der Waals surface area contributed by atoms with Crippen molar-refractivity contribution in [1.29, 1.82) is 0 Å². The Hall–Kier alpha value is -2.70. The molecular formula is C17H18FN3O3. The van der Waals surface area contributed by atoms with Gasteiger partial charge in [-0.3, -0.25) is 14.7 Å². The van der Waals surface area contributed by atoms with Crippen LogP contribution in [-0.2, 0) is 4.79 Å². The van der Waals surface area contributed by atoms with Gasteiger partial charge < -0.3 is 10.4 Å². The zero-order valence-electron chi connectivity index (χ0n) is 13.0. The lowest BCUT2D eigenvalue weighted by Crippen LogP contribution is -2.38. The summed E-state index contributed by atoms with van der Waals surface area (Å²) in [4.78, 5) is 23.2. The molecule has 0 atom stereocenters. The number of nitrogens with one attached hydrogen (secondary N) is 2. The van der Waals surface area contributed by atoms with Crippen LogP contribution in [0.1, 0.15) is 36.2 Å². The van der Waals surface area contributed by atoms with Gasteiger partial charge in [-0.05, 0) is 43.9 Å². The van der Waals surface area contributed by atoms with E-state index >= 15 is 0 Å². The van der Waals surface area contributed by atoms with E-state index in [0.717, 1.165) is 0 Å². The van der Waals surface area contributed by atoms with Crippen LogP contribution in [-0.4, -0.2) is 33.2 Å². The Morgan fingerprint density at radius 2 is 1.92 bits per heavy atom. The molecule has 1 fully saturated rings. The fraction of sp³-hybridized carbons (Fsp3) is 0.353. The van der Waals surface area contributed by atoms with E-state index in [1.807, 2.05) is 0 Å². The van der Waals surface area contributed by atoms with Gasteiger partial charge in [0.2, 0.25) is 0 Å². The van der Waals surface area contributed by atoms with Crippen LogP contribution in [0.2, 0.25) is 0 Å². The van der Waals surface area contributed by atoms with Crippen LogP contribution in [0, 0.1) is 11.7 Å². The van der Waals surface area contributed by atoms with Gasteiger partial charge in [-0.2, -0.15) is 5.10 Å². The van der Waals surface area contributed by atoms with Gasteiger partial charge in [0, 0.05) is 11.6 Å². The van der Waals surface area contributed by atoms with Gasteiger partial charge in [-0.25, -0.2) is 4.39 Å². The number of hydrogen-bond donors (Lipinski definition) is 3. The Morgan fingerprint density at radius 1 is 1.21 bits per heavy atom. The number of aromatic nitrogens is 2. The molecule has 1 aromatic carbocycles. The molecule has 0 saturated heterocycles. The first-order valence-electron chi connectivity index (χ1n) is 7.88. The van der Waals surface area contributed by atoms with Crippen LogP contribution in [0.3, 0.4) is 0 Å². The van der Waals surface area contributed by atoms with E-state index in [-0.39, 0.29) is 23.6 Å². The summed E-state index contributed by atoms with van der Waals surface area (Å²) in [5.41, 5.74) is 0.955. The van der Waals surface area contributed by atoms with E-state index in [1.54, 1.807) is 18.2 Å². The minimum absolute atomic E-state index is 0.0479. The second-order valence-corrected chi connectivity index (χ2v) is 6.01. The number of aromatic amines is 1. The van der Waals surface area contributed by atoms with Crippen LogP contribution < -0.4 is 5.32 Å². The minimum Gasteiger partial charge on any atom is -0.481 e. The molecule has 0 radical (unpaired) electrons. The maximum Gasteiger partial charge on any atom is 0.306 e. The van der Waals surface area contributed by atoms with Crippen LogP contribution in [0.4, 0.5) is 4.39 Å². The number of benzene rings is 1. The van der Waals surface area contributed by atoms with Gasteiger partial charge in [0.1, 0.15) is 11.5 Å². The summed E-state index contributed by atoms with van der Waals surface area (Å²) in [5, 5.41) is 18.5. The van der Waals surface area contributed by atoms with Crippen molar-refractivity contribution < 1.29 is 19.1 Å². The standard InChI is InChI=1S/C17H18FN3O3/c18-13-4-2-1-3-12(13)14-9-15(21-20-14)16(22)19-11-7-5-10(6-8-11)17(23)24/h1-4,9-11H,5-8H2,(H,19,22)(H,20,21)(H,23,24). The summed E-state index contributed by atoms with van der Waals surface area (Å²) in [6.45, 7) is 0. The van der Waals surface area contributed by atoms with Gasteiger partial charge in [0.25, 0.3) is 5.91 Å². The highest BCUT2D eigenvalue weighted by Crippen LogP contribution is 2.25. The highest BCUT2D eigenvalue weighted by Gasteiger charge is 2.27. The van der Waals surface area contributed by atoms with Crippen molar-refractivity contribution in [3.05, 3.63) is 41.8 Å². The third kappa shape index (κ3) is 3.45. The van der Waals surface area contributed by atoms with Gasteiger partial charge >= 0.3 is 5.97 Å². The van der Waals surface area contributed by atoms with Gasteiger partial charge in [0.05, 0.1) is 11.6 Å². The molecule has 3 rings (SSSR count). The lowest BCUT2D eigenvalue weighted by atomic mass is 9.86. The second-order valence-electron chi connectivity index (χ2n) is 6.01. The van der Waals surface area contributed by atoms with Crippen molar-refractivity contribution in [2.75, 3.05) is 0 Å². The number of rotatable bonds is 4. The zero-order chi connectivity index (χ0) is 17.1. The fourth-order valence-corrected chi connectivity index (χ4v) is 2.99.